The van der Waals surface area contributed by atoms with Gasteiger partial charge in [0.2, 0.25) is 5.78 Å². The summed E-state index contributed by atoms with van der Waals surface area (Å²) >= 11 is 3.47. The molecule has 0 fully saturated rings. The maximum Gasteiger partial charge on any atom is 0.231 e. The van der Waals surface area contributed by atoms with E-state index in [9.17, 15) is 4.79 Å². The summed E-state index contributed by atoms with van der Waals surface area (Å²) in [5.74, 6) is 2.97. The van der Waals surface area contributed by atoms with Crippen LogP contribution >= 0.6 is 15.9 Å². The minimum atomic E-state index is -0.113. The molecular formula is C27H24BrNO5. The summed E-state index contributed by atoms with van der Waals surface area (Å²) in [6.45, 7) is 3.72. The highest BCUT2D eigenvalue weighted by Gasteiger charge is 2.33. The number of rotatable bonds is 5. The molecule has 5 rings (SSSR count). The zero-order chi connectivity index (χ0) is 23.8. The third-order valence-corrected chi connectivity index (χ3v) is 6.50. The number of methoxy groups -OCH3 is 2. The van der Waals surface area contributed by atoms with E-state index in [4.69, 9.17) is 18.9 Å². The molecular weight excluding hydrogens is 498 g/mol. The number of hydrogen-bond acceptors (Lipinski definition) is 6. The van der Waals surface area contributed by atoms with E-state index in [1.807, 2.05) is 55.5 Å². The summed E-state index contributed by atoms with van der Waals surface area (Å²) in [4.78, 5) is 15.3. The van der Waals surface area contributed by atoms with Gasteiger partial charge in [-0.15, -0.1) is 0 Å². The monoisotopic (exact) mass is 521 g/mol. The maximum atomic E-state index is 13.1. The van der Waals surface area contributed by atoms with Gasteiger partial charge in [0.05, 0.1) is 19.8 Å². The highest BCUT2D eigenvalue weighted by Crippen LogP contribution is 2.43. The Morgan fingerprint density at radius 1 is 1.06 bits per heavy atom. The van der Waals surface area contributed by atoms with Crippen molar-refractivity contribution in [1.82, 2.24) is 4.90 Å². The SMILES string of the molecule is COc1ccc(CN2COc3c(cc4c(c3C)O/C(=C\c3cccc(Br)c3)C4=O)C2)cc1OC. The molecule has 0 amide bonds. The number of halogens is 1. The zero-order valence-corrected chi connectivity index (χ0v) is 20.8. The van der Waals surface area contributed by atoms with Crippen LogP contribution in [0.2, 0.25) is 0 Å². The third-order valence-electron chi connectivity index (χ3n) is 6.00. The summed E-state index contributed by atoms with van der Waals surface area (Å²) in [6.07, 6.45) is 1.77. The van der Waals surface area contributed by atoms with E-state index in [0.29, 0.717) is 48.4 Å². The van der Waals surface area contributed by atoms with Crippen molar-refractivity contribution in [2.45, 2.75) is 20.0 Å². The van der Waals surface area contributed by atoms with Crippen LogP contribution in [0.3, 0.4) is 0 Å². The minimum Gasteiger partial charge on any atom is -0.493 e. The van der Waals surface area contributed by atoms with Crippen LogP contribution in [0.15, 0.2) is 58.8 Å². The van der Waals surface area contributed by atoms with Gasteiger partial charge in [-0.25, -0.2) is 0 Å². The van der Waals surface area contributed by atoms with E-state index < -0.39 is 0 Å². The van der Waals surface area contributed by atoms with Crippen LogP contribution < -0.4 is 18.9 Å². The Kier molecular flexibility index (Phi) is 6.06. The molecule has 6 nitrogen and oxygen atoms in total. The molecule has 3 aromatic carbocycles. The minimum absolute atomic E-state index is 0.113. The van der Waals surface area contributed by atoms with Crippen LogP contribution in [0, 0.1) is 6.92 Å². The van der Waals surface area contributed by atoms with Crippen molar-refractivity contribution in [3.63, 3.8) is 0 Å². The van der Waals surface area contributed by atoms with Crippen molar-refractivity contribution in [2.75, 3.05) is 21.0 Å². The van der Waals surface area contributed by atoms with E-state index in [2.05, 4.69) is 20.8 Å². The molecule has 2 aliphatic heterocycles. The first kappa shape index (κ1) is 22.5. The van der Waals surface area contributed by atoms with Crippen LogP contribution in [0.4, 0.5) is 0 Å². The summed E-state index contributed by atoms with van der Waals surface area (Å²) in [6, 6.07) is 15.5. The quantitative estimate of drug-likeness (QED) is 0.399. The van der Waals surface area contributed by atoms with Crippen LogP contribution in [0.25, 0.3) is 6.08 Å². The number of carbonyl (C=O) groups excluding carboxylic acids is 1. The maximum absolute atomic E-state index is 13.1. The molecule has 0 saturated heterocycles. The molecule has 0 bridgehead atoms. The predicted molar refractivity (Wildman–Crippen MR) is 133 cm³/mol. The van der Waals surface area contributed by atoms with Gasteiger partial charge in [-0.3, -0.25) is 9.69 Å². The van der Waals surface area contributed by atoms with Gasteiger partial charge in [0.15, 0.2) is 17.3 Å². The lowest BCUT2D eigenvalue weighted by Crippen LogP contribution is -2.32. The number of nitrogens with zero attached hydrogens (tertiary/aromatic N) is 1. The van der Waals surface area contributed by atoms with Crippen molar-refractivity contribution in [3.8, 4) is 23.0 Å². The molecule has 2 aliphatic rings. The molecule has 2 heterocycles. The second-order valence-electron chi connectivity index (χ2n) is 8.31. The smallest absolute Gasteiger partial charge is 0.231 e. The van der Waals surface area contributed by atoms with E-state index in [1.165, 1.54) is 0 Å². The molecule has 0 N–H and O–H groups in total. The van der Waals surface area contributed by atoms with Gasteiger partial charge >= 0.3 is 0 Å². The highest BCUT2D eigenvalue weighted by molar-refractivity contribution is 9.10. The number of hydrogen-bond donors (Lipinski definition) is 0. The topological polar surface area (TPSA) is 57.2 Å². The Morgan fingerprint density at radius 2 is 1.88 bits per heavy atom. The molecule has 0 atom stereocenters. The first-order valence-electron chi connectivity index (χ1n) is 10.9. The second-order valence-corrected chi connectivity index (χ2v) is 9.23. The molecule has 174 valence electrons. The molecule has 0 unspecified atom stereocenters. The standard InChI is InChI=1S/C27H24BrNO5/c1-16-26-19(14-29(15-33-26)13-18-7-8-22(31-2)23(11-18)32-3)12-21-25(30)24(34-27(16)21)10-17-5-4-6-20(28)9-17/h4-12H,13-15H2,1-3H3/b24-10-. The van der Waals surface area contributed by atoms with Gasteiger partial charge in [-0.2, -0.15) is 0 Å². The second kappa shape index (κ2) is 9.16. The lowest BCUT2D eigenvalue weighted by molar-refractivity contribution is 0.0876. The van der Waals surface area contributed by atoms with Gasteiger partial charge in [-0.1, -0.05) is 34.1 Å². The Hall–Kier alpha value is -3.29. The fourth-order valence-corrected chi connectivity index (χ4v) is 4.80. The molecule has 0 spiro atoms. The fourth-order valence-electron chi connectivity index (χ4n) is 4.38. The summed E-state index contributed by atoms with van der Waals surface area (Å²) in [7, 11) is 3.25. The summed E-state index contributed by atoms with van der Waals surface area (Å²) in [5, 5.41) is 0. The molecule has 3 aromatic rings. The average molecular weight is 522 g/mol. The van der Waals surface area contributed by atoms with Gasteiger partial charge in [0.25, 0.3) is 0 Å². The first-order valence-corrected chi connectivity index (χ1v) is 11.7. The molecule has 7 heteroatoms. The molecule has 0 radical (unpaired) electrons. The molecule has 0 aliphatic carbocycles. The van der Waals surface area contributed by atoms with Gasteiger partial charge in [-0.05, 0) is 54.5 Å². The van der Waals surface area contributed by atoms with Gasteiger partial charge in [0, 0.05) is 28.7 Å². The van der Waals surface area contributed by atoms with Crippen LogP contribution in [-0.4, -0.2) is 31.6 Å². The molecule has 34 heavy (non-hydrogen) atoms. The third kappa shape index (κ3) is 4.17. The van der Waals surface area contributed by atoms with Crippen molar-refractivity contribution in [2.24, 2.45) is 0 Å². The number of ether oxygens (including phenoxy) is 4. The Labute approximate surface area is 206 Å². The number of Topliss-reactive ketones (excluding diaryl/α,β-unsaturated/α-hetero) is 1. The number of ketones is 1. The normalized spacial score (nSPS) is 16.0. The molecule has 0 saturated carbocycles. The van der Waals surface area contributed by atoms with Crippen molar-refractivity contribution in [1.29, 1.82) is 0 Å². The first-order chi connectivity index (χ1) is 16.5. The van der Waals surface area contributed by atoms with E-state index >= 15 is 0 Å². The van der Waals surface area contributed by atoms with E-state index in [-0.39, 0.29) is 5.78 Å². The Morgan fingerprint density at radius 3 is 2.65 bits per heavy atom. The lowest BCUT2D eigenvalue weighted by atomic mass is 10.00. The highest BCUT2D eigenvalue weighted by atomic mass is 79.9. The van der Waals surface area contributed by atoms with Crippen LogP contribution in [0.1, 0.15) is 32.6 Å². The lowest BCUT2D eigenvalue weighted by Gasteiger charge is -2.30. The average Bonchev–Trinajstić information content (AvgIpc) is 3.14. The number of fused-ring (bicyclic) bond motifs is 2. The number of carbonyl (C=O) groups is 1. The predicted octanol–water partition coefficient (Wildman–Crippen LogP) is 5.74. The zero-order valence-electron chi connectivity index (χ0n) is 19.2. The van der Waals surface area contributed by atoms with E-state index in [1.54, 1.807) is 20.3 Å². The van der Waals surface area contributed by atoms with Crippen molar-refractivity contribution < 1.29 is 23.7 Å². The fraction of sp³-hybridized carbons (Fsp3) is 0.222. The Balaban J connectivity index is 1.39. The number of allylic oxidation sites excluding steroid dienone is 1. The van der Waals surface area contributed by atoms with Crippen LogP contribution in [-0.2, 0) is 13.1 Å². The van der Waals surface area contributed by atoms with Gasteiger partial charge in [0.1, 0.15) is 18.2 Å². The Bertz CT molecular complexity index is 1320. The number of benzene rings is 3. The van der Waals surface area contributed by atoms with Crippen LogP contribution in [0.5, 0.6) is 23.0 Å². The van der Waals surface area contributed by atoms with Crippen molar-refractivity contribution in [3.05, 3.63) is 86.6 Å². The summed E-state index contributed by atoms with van der Waals surface area (Å²) in [5.41, 5.74) is 4.38. The largest absolute Gasteiger partial charge is 0.493 e. The summed E-state index contributed by atoms with van der Waals surface area (Å²) < 4.78 is 23.8. The van der Waals surface area contributed by atoms with Gasteiger partial charge < -0.3 is 18.9 Å². The van der Waals surface area contributed by atoms with E-state index in [0.717, 1.165) is 32.5 Å². The van der Waals surface area contributed by atoms with Crippen molar-refractivity contribution >= 4 is 27.8 Å². The molecule has 0 aromatic heterocycles.